The predicted octanol–water partition coefficient (Wildman–Crippen LogP) is 3.18. The molecule has 0 N–H and O–H groups in total. The predicted molar refractivity (Wildman–Crippen MR) is 95.6 cm³/mol. The molecule has 7 nitrogen and oxygen atoms in total. The van der Waals surface area contributed by atoms with E-state index in [9.17, 15) is 4.79 Å². The van der Waals surface area contributed by atoms with E-state index in [0.717, 1.165) is 0 Å². The Kier molecular flexibility index (Phi) is 3.68. The van der Waals surface area contributed by atoms with Crippen LogP contribution in [0.25, 0.3) is 6.08 Å². The summed E-state index contributed by atoms with van der Waals surface area (Å²) >= 11 is 6.24. The molecule has 0 bridgehead atoms. The summed E-state index contributed by atoms with van der Waals surface area (Å²) in [6.45, 7) is 1.06. The second kappa shape index (κ2) is 6.21. The van der Waals surface area contributed by atoms with Gasteiger partial charge in [0.05, 0.1) is 5.02 Å². The molecule has 0 unspecified atom stereocenters. The standard InChI is InChI=1S/C19H12ClNO6/c20-12-5-10(7-16-17(12)24-4-3-23-16)6-13-19(22)27-18(21-13)11-1-2-14-15(8-11)26-9-25-14/h1-2,5-8H,3-4,9H2/b13-6-. The van der Waals surface area contributed by atoms with Crippen LogP contribution in [-0.4, -0.2) is 31.9 Å². The smallest absolute Gasteiger partial charge is 0.363 e. The van der Waals surface area contributed by atoms with Gasteiger partial charge in [-0.15, -0.1) is 0 Å². The van der Waals surface area contributed by atoms with Crippen molar-refractivity contribution in [3.05, 3.63) is 52.2 Å². The first-order chi connectivity index (χ1) is 13.2. The van der Waals surface area contributed by atoms with Gasteiger partial charge in [-0.05, 0) is 42.0 Å². The zero-order chi connectivity index (χ0) is 18.4. The molecule has 0 saturated carbocycles. The minimum Gasteiger partial charge on any atom is -0.486 e. The Hall–Kier alpha value is -3.19. The van der Waals surface area contributed by atoms with Crippen LogP contribution in [0.4, 0.5) is 0 Å². The van der Waals surface area contributed by atoms with Crippen LogP contribution in [0.5, 0.6) is 23.0 Å². The lowest BCUT2D eigenvalue weighted by Crippen LogP contribution is -2.15. The maximum absolute atomic E-state index is 12.2. The zero-order valence-electron chi connectivity index (χ0n) is 13.9. The van der Waals surface area contributed by atoms with Crippen molar-refractivity contribution in [2.24, 2.45) is 4.99 Å². The number of esters is 1. The molecule has 136 valence electrons. The number of carbonyl (C=O) groups excluding carboxylic acids is 1. The first-order valence-corrected chi connectivity index (χ1v) is 8.57. The van der Waals surface area contributed by atoms with Crippen molar-refractivity contribution >= 4 is 29.5 Å². The van der Waals surface area contributed by atoms with E-state index in [1.807, 2.05) is 0 Å². The van der Waals surface area contributed by atoms with Crippen molar-refractivity contribution in [3.8, 4) is 23.0 Å². The first-order valence-electron chi connectivity index (χ1n) is 8.19. The van der Waals surface area contributed by atoms with Gasteiger partial charge in [-0.2, -0.15) is 0 Å². The molecule has 0 radical (unpaired) electrons. The number of nitrogens with zero attached hydrogens (tertiary/aromatic N) is 1. The largest absolute Gasteiger partial charge is 0.486 e. The van der Waals surface area contributed by atoms with Crippen molar-refractivity contribution in [1.29, 1.82) is 0 Å². The molecular formula is C19H12ClNO6. The third kappa shape index (κ3) is 2.86. The molecule has 0 aliphatic carbocycles. The van der Waals surface area contributed by atoms with E-state index < -0.39 is 5.97 Å². The van der Waals surface area contributed by atoms with Gasteiger partial charge in [-0.1, -0.05) is 11.6 Å². The third-order valence-corrected chi connectivity index (χ3v) is 4.44. The van der Waals surface area contributed by atoms with Crippen molar-refractivity contribution < 1.29 is 28.5 Å². The van der Waals surface area contributed by atoms with E-state index in [2.05, 4.69) is 4.99 Å². The van der Waals surface area contributed by atoms with Gasteiger partial charge in [-0.25, -0.2) is 9.79 Å². The first kappa shape index (κ1) is 16.0. The molecule has 0 atom stereocenters. The van der Waals surface area contributed by atoms with Gasteiger partial charge in [0.15, 0.2) is 28.7 Å². The van der Waals surface area contributed by atoms with Crippen molar-refractivity contribution in [3.63, 3.8) is 0 Å². The van der Waals surface area contributed by atoms with E-state index >= 15 is 0 Å². The zero-order valence-corrected chi connectivity index (χ0v) is 14.6. The Bertz CT molecular complexity index is 1030. The summed E-state index contributed by atoms with van der Waals surface area (Å²) < 4.78 is 27.0. The minimum atomic E-state index is -0.548. The van der Waals surface area contributed by atoms with Crippen molar-refractivity contribution in [1.82, 2.24) is 0 Å². The summed E-state index contributed by atoms with van der Waals surface area (Å²) in [5.74, 6) is 1.92. The number of ether oxygens (including phenoxy) is 5. The van der Waals surface area contributed by atoms with E-state index in [0.29, 0.717) is 52.4 Å². The highest BCUT2D eigenvalue weighted by Crippen LogP contribution is 2.39. The summed E-state index contributed by atoms with van der Waals surface area (Å²) in [6.07, 6.45) is 1.59. The summed E-state index contributed by atoms with van der Waals surface area (Å²) in [4.78, 5) is 16.5. The Morgan fingerprint density at radius 3 is 2.74 bits per heavy atom. The highest BCUT2D eigenvalue weighted by atomic mass is 35.5. The normalized spacial score (nSPS) is 18.5. The molecule has 0 saturated heterocycles. The molecule has 0 amide bonds. The molecule has 0 fully saturated rings. The van der Waals surface area contributed by atoms with Crippen LogP contribution in [0.3, 0.4) is 0 Å². The number of carbonyl (C=O) groups is 1. The highest BCUT2D eigenvalue weighted by Gasteiger charge is 2.26. The lowest BCUT2D eigenvalue weighted by molar-refractivity contribution is -0.129. The Labute approximate surface area is 158 Å². The van der Waals surface area contributed by atoms with Gasteiger partial charge in [0.25, 0.3) is 0 Å². The Morgan fingerprint density at radius 2 is 1.81 bits per heavy atom. The van der Waals surface area contributed by atoms with Crippen LogP contribution in [0, 0.1) is 0 Å². The second-order valence-corrected chi connectivity index (χ2v) is 6.34. The van der Waals surface area contributed by atoms with Gasteiger partial charge in [0.2, 0.25) is 12.7 Å². The average molecular weight is 386 g/mol. The molecule has 3 aliphatic rings. The fraction of sp³-hybridized carbons (Fsp3) is 0.158. The molecule has 5 rings (SSSR count). The topological polar surface area (TPSA) is 75.6 Å². The second-order valence-electron chi connectivity index (χ2n) is 5.93. The molecular weight excluding hydrogens is 374 g/mol. The molecule has 27 heavy (non-hydrogen) atoms. The number of cyclic esters (lactones) is 1. The number of fused-ring (bicyclic) bond motifs is 2. The number of benzene rings is 2. The van der Waals surface area contributed by atoms with E-state index in [1.54, 1.807) is 36.4 Å². The summed E-state index contributed by atoms with van der Waals surface area (Å²) in [7, 11) is 0. The SMILES string of the molecule is O=C1OC(c2ccc3c(c2)OCO3)=N/C1=C\c1cc(Cl)c2c(c1)OCCO2. The van der Waals surface area contributed by atoms with Gasteiger partial charge in [-0.3, -0.25) is 0 Å². The lowest BCUT2D eigenvalue weighted by atomic mass is 10.1. The third-order valence-electron chi connectivity index (χ3n) is 4.16. The van der Waals surface area contributed by atoms with E-state index in [-0.39, 0.29) is 18.4 Å². The fourth-order valence-electron chi connectivity index (χ4n) is 2.93. The molecule has 2 aromatic carbocycles. The quantitative estimate of drug-likeness (QED) is 0.584. The monoisotopic (exact) mass is 385 g/mol. The molecule has 2 aromatic rings. The van der Waals surface area contributed by atoms with Gasteiger partial charge in [0, 0.05) is 5.56 Å². The minimum absolute atomic E-state index is 0.162. The van der Waals surface area contributed by atoms with Gasteiger partial charge >= 0.3 is 5.97 Å². The van der Waals surface area contributed by atoms with Crippen molar-refractivity contribution in [2.45, 2.75) is 0 Å². The van der Waals surface area contributed by atoms with Crippen LogP contribution in [0.15, 0.2) is 41.0 Å². The number of hydrogen-bond acceptors (Lipinski definition) is 7. The average Bonchev–Trinajstić information content (AvgIpc) is 3.28. The number of rotatable bonds is 2. The number of aliphatic imine (C=N–C) groups is 1. The van der Waals surface area contributed by atoms with Crippen LogP contribution < -0.4 is 18.9 Å². The summed E-state index contributed by atoms with van der Waals surface area (Å²) in [6, 6.07) is 8.65. The Balaban J connectivity index is 1.48. The van der Waals surface area contributed by atoms with Crippen LogP contribution in [0.1, 0.15) is 11.1 Å². The van der Waals surface area contributed by atoms with Crippen LogP contribution in [-0.2, 0) is 9.53 Å². The maximum Gasteiger partial charge on any atom is 0.363 e. The lowest BCUT2D eigenvalue weighted by Gasteiger charge is -2.19. The maximum atomic E-state index is 12.2. The summed E-state index contributed by atoms with van der Waals surface area (Å²) in [5.41, 5.74) is 1.44. The van der Waals surface area contributed by atoms with Crippen molar-refractivity contribution in [2.75, 3.05) is 20.0 Å². The molecule has 0 aromatic heterocycles. The van der Waals surface area contributed by atoms with E-state index in [1.165, 1.54) is 0 Å². The highest BCUT2D eigenvalue weighted by molar-refractivity contribution is 6.32. The Morgan fingerprint density at radius 1 is 0.963 bits per heavy atom. The fourth-order valence-corrected chi connectivity index (χ4v) is 3.21. The molecule has 0 spiro atoms. The van der Waals surface area contributed by atoms with Crippen LogP contribution >= 0.6 is 11.6 Å². The number of hydrogen-bond donors (Lipinski definition) is 0. The van der Waals surface area contributed by atoms with Crippen LogP contribution in [0.2, 0.25) is 5.02 Å². The number of halogens is 1. The van der Waals surface area contributed by atoms with Gasteiger partial charge in [0.1, 0.15) is 13.2 Å². The molecule has 3 aliphatic heterocycles. The summed E-state index contributed by atoms with van der Waals surface area (Å²) in [5, 5.41) is 0.408. The van der Waals surface area contributed by atoms with E-state index in [4.69, 9.17) is 35.3 Å². The molecule has 8 heteroatoms. The van der Waals surface area contributed by atoms with Gasteiger partial charge < -0.3 is 23.7 Å². The molecule has 3 heterocycles.